The Hall–Kier alpha value is -0.0200. The van der Waals surface area contributed by atoms with Crippen LogP contribution in [0.25, 0.3) is 0 Å². The van der Waals surface area contributed by atoms with Gasteiger partial charge in [-0.15, -0.1) is 12.3 Å². The first kappa shape index (κ1) is 31.2. The van der Waals surface area contributed by atoms with Crippen LogP contribution in [0.4, 0.5) is 0 Å². The Balaban J connectivity index is 0. The van der Waals surface area contributed by atoms with Gasteiger partial charge in [0.05, 0.1) is 0 Å². The van der Waals surface area contributed by atoms with Gasteiger partial charge in [-0.05, 0) is 17.9 Å². The molecule has 0 amide bonds. The number of aliphatic hydroxyl groups is 1. The Kier molecular flexibility index (Phi) is 26.1. The first-order valence-electron chi connectivity index (χ1n) is 11.3. The van der Waals surface area contributed by atoms with Crippen molar-refractivity contribution in [1.82, 2.24) is 0 Å². The summed E-state index contributed by atoms with van der Waals surface area (Å²) in [5, 5.41) is 9.17. The van der Waals surface area contributed by atoms with Crippen LogP contribution >= 0.6 is 19.6 Å². The fourth-order valence-electron chi connectivity index (χ4n) is 2.99. The topological polar surface area (TPSA) is 98.0 Å². The van der Waals surface area contributed by atoms with E-state index >= 15 is 0 Å². The van der Waals surface area contributed by atoms with Crippen LogP contribution in [0.5, 0.6) is 0 Å². The minimum atomic E-state index is -4.64. The fourth-order valence-corrected chi connectivity index (χ4v) is 4.12. The van der Waals surface area contributed by atoms with Crippen molar-refractivity contribution < 1.29 is 24.4 Å². The molecular weight excluding hydrogens is 407 g/mol. The van der Waals surface area contributed by atoms with Crippen LogP contribution in [0.2, 0.25) is 0 Å². The molecule has 0 heterocycles. The molecule has 4 N–H and O–H groups in total. The lowest BCUT2D eigenvalue weighted by Gasteiger charge is -2.09. The summed E-state index contributed by atoms with van der Waals surface area (Å²) in [6.45, 7) is 2.52. The molecule has 0 rings (SSSR count). The van der Waals surface area contributed by atoms with Crippen LogP contribution < -0.4 is 0 Å². The molecule has 0 saturated heterocycles. The fraction of sp³-hybridized carbons (Fsp3) is 0.909. The second kappa shape index (κ2) is 24.3. The molecule has 0 bridgehead atoms. The number of hydrogen-bond acceptors (Lipinski definition) is 3. The zero-order chi connectivity index (χ0) is 22.2. The Morgan fingerprint density at radius 2 is 1.21 bits per heavy atom. The van der Waals surface area contributed by atoms with Gasteiger partial charge in [0.2, 0.25) is 0 Å². The van der Waals surface area contributed by atoms with Crippen LogP contribution in [0.1, 0.15) is 103 Å². The third-order valence-electron chi connectivity index (χ3n) is 4.66. The summed E-state index contributed by atoms with van der Waals surface area (Å²) < 4.78 is 8.88. The second-order valence-electron chi connectivity index (χ2n) is 7.64. The van der Waals surface area contributed by atoms with Crippen molar-refractivity contribution >= 4 is 19.6 Å². The van der Waals surface area contributed by atoms with Crippen molar-refractivity contribution in [3.8, 4) is 12.3 Å². The number of terminal acetylenes is 1. The van der Waals surface area contributed by atoms with Gasteiger partial charge in [0.25, 0.3) is 0 Å². The van der Waals surface area contributed by atoms with Gasteiger partial charge in [0.15, 0.2) is 0 Å². The summed E-state index contributed by atoms with van der Waals surface area (Å²) >= 11 is 1.95. The highest BCUT2D eigenvalue weighted by molar-refractivity contribution is 7.99. The molecule has 0 aliphatic rings. The predicted molar refractivity (Wildman–Crippen MR) is 126 cm³/mol. The predicted octanol–water partition coefficient (Wildman–Crippen LogP) is 5.90. The number of thioether (sulfide) groups is 1. The molecule has 0 radical (unpaired) electrons. The van der Waals surface area contributed by atoms with E-state index in [0.29, 0.717) is 12.3 Å². The average molecular weight is 453 g/mol. The van der Waals surface area contributed by atoms with Crippen molar-refractivity contribution in [1.29, 1.82) is 0 Å². The maximum absolute atomic E-state index is 9.17. The quantitative estimate of drug-likeness (QED) is 0.111. The number of aliphatic hydroxyl groups excluding tert-OH is 1. The van der Waals surface area contributed by atoms with Crippen molar-refractivity contribution in [2.75, 3.05) is 18.1 Å². The first-order chi connectivity index (χ1) is 13.8. The molecule has 5 nitrogen and oxygen atoms in total. The lowest BCUT2D eigenvalue weighted by atomic mass is 10.0. The number of rotatable bonds is 19. The Morgan fingerprint density at radius 3 is 1.55 bits per heavy atom. The van der Waals surface area contributed by atoms with Gasteiger partial charge in [-0.1, -0.05) is 90.4 Å². The summed E-state index contributed by atoms with van der Waals surface area (Å²) in [4.78, 5) is 21.6. The monoisotopic (exact) mass is 452 g/mol. The molecule has 29 heavy (non-hydrogen) atoms. The van der Waals surface area contributed by atoms with Crippen molar-refractivity contribution in [2.24, 2.45) is 5.92 Å². The number of hydrogen-bond donors (Lipinski definition) is 4. The van der Waals surface area contributed by atoms with Gasteiger partial charge < -0.3 is 19.8 Å². The Morgan fingerprint density at radius 1 is 0.828 bits per heavy atom. The summed E-state index contributed by atoms with van der Waals surface area (Å²) in [6.07, 6.45) is 25.8. The molecule has 174 valence electrons. The molecule has 0 aromatic heterocycles. The van der Waals surface area contributed by atoms with Crippen LogP contribution in [0, 0.1) is 18.3 Å². The summed E-state index contributed by atoms with van der Waals surface area (Å²) in [7, 11) is -4.64. The third kappa shape index (κ3) is 35.8. The SMILES string of the molecule is C#CCC(CO)CSCCCCCCCCCCCCCCCC.O=P(O)(O)O. The molecule has 0 aliphatic carbocycles. The maximum atomic E-state index is 9.17. The van der Waals surface area contributed by atoms with Crippen molar-refractivity contribution in [3.63, 3.8) is 0 Å². The maximum Gasteiger partial charge on any atom is 0.466 e. The second-order valence-corrected chi connectivity index (χ2v) is 9.82. The molecule has 0 fully saturated rings. The van der Waals surface area contributed by atoms with Gasteiger partial charge in [-0.3, -0.25) is 0 Å². The highest BCUT2D eigenvalue weighted by atomic mass is 32.2. The number of unbranched alkanes of at least 4 members (excludes halogenated alkanes) is 13. The van der Waals surface area contributed by atoms with Gasteiger partial charge >= 0.3 is 7.82 Å². The van der Waals surface area contributed by atoms with E-state index in [2.05, 4.69) is 12.8 Å². The van der Waals surface area contributed by atoms with Crippen LogP contribution in [0.15, 0.2) is 0 Å². The lowest BCUT2D eigenvalue weighted by molar-refractivity contribution is 0.243. The van der Waals surface area contributed by atoms with Crippen LogP contribution in [-0.4, -0.2) is 37.9 Å². The number of phosphoric acid groups is 1. The van der Waals surface area contributed by atoms with E-state index in [-0.39, 0.29) is 6.61 Å². The Labute approximate surface area is 183 Å². The zero-order valence-corrected chi connectivity index (χ0v) is 20.1. The molecule has 0 aromatic rings. The summed E-state index contributed by atoms with van der Waals surface area (Å²) in [5.41, 5.74) is 0. The molecular formula is C22H45O5PS. The van der Waals surface area contributed by atoms with E-state index in [1.54, 1.807) is 0 Å². The molecule has 0 saturated carbocycles. The Bertz CT molecular complexity index is 400. The van der Waals surface area contributed by atoms with E-state index in [0.717, 1.165) is 5.75 Å². The summed E-state index contributed by atoms with van der Waals surface area (Å²) in [6, 6.07) is 0. The largest absolute Gasteiger partial charge is 0.466 e. The zero-order valence-electron chi connectivity index (χ0n) is 18.4. The van der Waals surface area contributed by atoms with Gasteiger partial charge in [-0.2, -0.15) is 11.8 Å². The van der Waals surface area contributed by atoms with E-state index in [4.69, 9.17) is 25.7 Å². The van der Waals surface area contributed by atoms with E-state index < -0.39 is 7.82 Å². The third-order valence-corrected chi connectivity index (χ3v) is 5.94. The molecule has 0 aromatic carbocycles. The smallest absolute Gasteiger partial charge is 0.396 e. The normalized spacial score (nSPS) is 12.1. The molecule has 1 unspecified atom stereocenters. The van der Waals surface area contributed by atoms with Gasteiger partial charge in [-0.25, -0.2) is 4.57 Å². The molecule has 0 spiro atoms. The van der Waals surface area contributed by atoms with E-state index in [9.17, 15) is 5.11 Å². The minimum absolute atomic E-state index is 0.232. The molecule has 1 atom stereocenters. The minimum Gasteiger partial charge on any atom is -0.396 e. The van der Waals surface area contributed by atoms with Crippen LogP contribution in [-0.2, 0) is 4.57 Å². The highest BCUT2D eigenvalue weighted by Crippen LogP contribution is 2.25. The van der Waals surface area contributed by atoms with Crippen molar-refractivity contribution in [3.05, 3.63) is 0 Å². The highest BCUT2D eigenvalue weighted by Gasteiger charge is 2.05. The summed E-state index contributed by atoms with van der Waals surface area (Å²) in [5.74, 6) is 5.18. The first-order valence-corrected chi connectivity index (χ1v) is 14.0. The molecule has 7 heteroatoms. The average Bonchev–Trinajstić information content (AvgIpc) is 2.65. The van der Waals surface area contributed by atoms with E-state index in [1.807, 2.05) is 11.8 Å². The van der Waals surface area contributed by atoms with E-state index in [1.165, 1.54) is 95.6 Å². The van der Waals surface area contributed by atoms with Gasteiger partial charge in [0.1, 0.15) is 0 Å². The van der Waals surface area contributed by atoms with Crippen LogP contribution in [0.3, 0.4) is 0 Å². The molecule has 0 aliphatic heterocycles. The standard InChI is InChI=1S/C22H42OS.H3O4P/c1-3-5-6-7-8-9-10-11-12-13-14-15-16-17-19-24-21-22(20-23)18-4-2;1-5(2,3)4/h2,22-23H,3,5-21H2,1H3;(H3,1,2,3,4). The van der Waals surface area contributed by atoms with Gasteiger partial charge in [0, 0.05) is 18.9 Å². The van der Waals surface area contributed by atoms with Crippen molar-refractivity contribution in [2.45, 2.75) is 103 Å². The lowest BCUT2D eigenvalue weighted by Crippen LogP contribution is -2.08.